The van der Waals surface area contributed by atoms with Crippen molar-refractivity contribution in [2.45, 2.75) is 12.4 Å². The molecular formula is C15H6F8N4. The van der Waals surface area contributed by atoms with Gasteiger partial charge in [-0.3, -0.25) is 0 Å². The minimum absolute atomic E-state index is 0.179. The van der Waals surface area contributed by atoms with Crippen LogP contribution < -0.4 is 5.32 Å². The summed E-state index contributed by atoms with van der Waals surface area (Å²) >= 11 is 0. The Labute approximate surface area is 144 Å². The van der Waals surface area contributed by atoms with Crippen molar-refractivity contribution in [2.75, 3.05) is 5.32 Å². The fourth-order valence-corrected chi connectivity index (χ4v) is 2.10. The third-order valence-electron chi connectivity index (χ3n) is 3.29. The van der Waals surface area contributed by atoms with Crippen LogP contribution in [-0.2, 0) is 12.4 Å². The first kappa shape index (κ1) is 18.7. The van der Waals surface area contributed by atoms with Crippen LogP contribution in [0.4, 0.5) is 46.6 Å². The normalized spacial score (nSPS) is 12.4. The lowest BCUT2D eigenvalue weighted by atomic mass is 10.2. The molecule has 0 bridgehead atoms. The standard InChI is InChI=1S/C15H6F8N4/c16-8-3-1-6(5-9(8)17)24-11-7-2-4-10(14(18,19)20)25-12(7)27-13(26-11)15(21,22)23/h1-5H,(H,24,25,26,27). The van der Waals surface area contributed by atoms with Gasteiger partial charge in [-0.2, -0.15) is 26.3 Å². The number of halogens is 8. The van der Waals surface area contributed by atoms with Crippen molar-refractivity contribution in [1.82, 2.24) is 15.0 Å². The van der Waals surface area contributed by atoms with Gasteiger partial charge in [0.1, 0.15) is 11.5 Å². The van der Waals surface area contributed by atoms with Crippen LogP contribution in [0, 0.1) is 11.6 Å². The number of anilines is 2. The Bertz CT molecular complexity index is 1010. The summed E-state index contributed by atoms with van der Waals surface area (Å²) in [5.74, 6) is -4.79. The molecule has 0 aliphatic heterocycles. The van der Waals surface area contributed by atoms with E-state index in [0.717, 1.165) is 12.1 Å². The summed E-state index contributed by atoms with van der Waals surface area (Å²) in [7, 11) is 0. The number of aromatic nitrogens is 3. The molecule has 1 aromatic carbocycles. The predicted octanol–water partition coefficient (Wildman–Crippen LogP) is 5.08. The number of alkyl halides is 6. The summed E-state index contributed by atoms with van der Waals surface area (Å²) in [5.41, 5.74) is -2.49. The summed E-state index contributed by atoms with van der Waals surface area (Å²) in [4.78, 5) is 9.36. The molecule has 142 valence electrons. The van der Waals surface area contributed by atoms with Crippen molar-refractivity contribution in [3.63, 3.8) is 0 Å². The van der Waals surface area contributed by atoms with Gasteiger partial charge < -0.3 is 5.32 Å². The van der Waals surface area contributed by atoms with E-state index in [9.17, 15) is 35.1 Å². The maximum Gasteiger partial charge on any atom is 0.451 e. The number of hydrogen-bond donors (Lipinski definition) is 1. The fourth-order valence-electron chi connectivity index (χ4n) is 2.10. The van der Waals surface area contributed by atoms with E-state index in [0.29, 0.717) is 18.2 Å². The van der Waals surface area contributed by atoms with E-state index < -0.39 is 47.0 Å². The Hall–Kier alpha value is -3.05. The van der Waals surface area contributed by atoms with Gasteiger partial charge >= 0.3 is 12.4 Å². The van der Waals surface area contributed by atoms with Gasteiger partial charge in [-0.25, -0.2) is 23.7 Å². The quantitative estimate of drug-likeness (QED) is 0.616. The average molecular weight is 394 g/mol. The summed E-state index contributed by atoms with van der Waals surface area (Å²) in [6.45, 7) is 0. The first-order valence-corrected chi connectivity index (χ1v) is 7.00. The molecule has 0 spiro atoms. The van der Waals surface area contributed by atoms with Gasteiger partial charge in [-0.15, -0.1) is 0 Å². The second kappa shape index (κ2) is 6.28. The van der Waals surface area contributed by atoms with Gasteiger partial charge in [0.2, 0.25) is 5.82 Å². The van der Waals surface area contributed by atoms with Gasteiger partial charge in [0, 0.05) is 11.8 Å². The van der Waals surface area contributed by atoms with Crippen LogP contribution in [0.2, 0.25) is 0 Å². The Morgan fingerprint density at radius 1 is 0.741 bits per heavy atom. The lowest BCUT2D eigenvalue weighted by molar-refractivity contribution is -0.144. The highest BCUT2D eigenvalue weighted by Crippen LogP contribution is 2.33. The third kappa shape index (κ3) is 3.88. The minimum Gasteiger partial charge on any atom is -0.339 e. The Kier molecular flexibility index (Phi) is 4.36. The molecule has 12 heteroatoms. The van der Waals surface area contributed by atoms with E-state index >= 15 is 0 Å². The molecule has 0 fully saturated rings. The van der Waals surface area contributed by atoms with Gasteiger partial charge in [-0.1, -0.05) is 0 Å². The molecule has 0 radical (unpaired) electrons. The van der Waals surface area contributed by atoms with Gasteiger partial charge in [0.25, 0.3) is 0 Å². The maximum absolute atomic E-state index is 13.3. The molecule has 1 N–H and O–H groups in total. The predicted molar refractivity (Wildman–Crippen MR) is 77.0 cm³/mol. The molecule has 4 nitrogen and oxygen atoms in total. The van der Waals surface area contributed by atoms with E-state index in [1.807, 2.05) is 0 Å². The Morgan fingerprint density at radius 3 is 2.04 bits per heavy atom. The second-order valence-electron chi connectivity index (χ2n) is 5.21. The molecule has 3 rings (SSSR count). The zero-order valence-corrected chi connectivity index (χ0v) is 12.8. The number of hydrogen-bond acceptors (Lipinski definition) is 4. The van der Waals surface area contributed by atoms with Crippen molar-refractivity contribution in [3.8, 4) is 0 Å². The van der Waals surface area contributed by atoms with Crippen LogP contribution in [0.25, 0.3) is 11.0 Å². The van der Waals surface area contributed by atoms with Crippen molar-refractivity contribution >= 4 is 22.5 Å². The van der Waals surface area contributed by atoms with Crippen LogP contribution >= 0.6 is 0 Å². The van der Waals surface area contributed by atoms with Crippen molar-refractivity contribution in [1.29, 1.82) is 0 Å². The van der Waals surface area contributed by atoms with E-state index in [1.165, 1.54) is 0 Å². The molecule has 0 atom stereocenters. The topological polar surface area (TPSA) is 50.7 Å². The third-order valence-corrected chi connectivity index (χ3v) is 3.29. The molecule has 0 amide bonds. The van der Waals surface area contributed by atoms with Crippen molar-refractivity contribution in [2.24, 2.45) is 0 Å². The number of nitrogens with zero attached hydrogens (tertiary/aromatic N) is 3. The molecule has 3 aromatic rings. The monoisotopic (exact) mass is 394 g/mol. The highest BCUT2D eigenvalue weighted by Gasteiger charge is 2.37. The molecule has 0 saturated carbocycles. The van der Waals surface area contributed by atoms with Crippen LogP contribution in [-0.4, -0.2) is 15.0 Å². The van der Waals surface area contributed by atoms with Crippen molar-refractivity contribution < 1.29 is 35.1 Å². The summed E-state index contributed by atoms with van der Waals surface area (Å²) in [6, 6.07) is 3.74. The molecule has 2 aromatic heterocycles. The zero-order chi connectivity index (χ0) is 20.0. The molecule has 0 saturated heterocycles. The summed E-state index contributed by atoms with van der Waals surface area (Å²) in [5, 5.41) is 2.03. The number of nitrogens with one attached hydrogen (secondary N) is 1. The van der Waals surface area contributed by atoms with E-state index in [1.54, 1.807) is 0 Å². The maximum atomic E-state index is 13.3. The van der Waals surface area contributed by atoms with Gasteiger partial charge in [-0.05, 0) is 24.3 Å². The molecule has 0 aliphatic rings. The Morgan fingerprint density at radius 2 is 1.44 bits per heavy atom. The van der Waals surface area contributed by atoms with Crippen LogP contribution in [0.3, 0.4) is 0 Å². The minimum atomic E-state index is -5.07. The highest BCUT2D eigenvalue weighted by molar-refractivity contribution is 5.88. The molecular weight excluding hydrogens is 388 g/mol. The lowest BCUT2D eigenvalue weighted by Crippen LogP contribution is -2.14. The summed E-state index contributed by atoms with van der Waals surface area (Å²) in [6.07, 6.45) is -9.97. The highest BCUT2D eigenvalue weighted by atomic mass is 19.4. The number of benzene rings is 1. The average Bonchev–Trinajstić information content (AvgIpc) is 2.56. The zero-order valence-electron chi connectivity index (χ0n) is 12.8. The summed E-state index contributed by atoms with van der Waals surface area (Å²) < 4.78 is 103. The Balaban J connectivity index is 2.18. The number of rotatable bonds is 2. The fraction of sp³-hybridized carbons (Fsp3) is 0.133. The van der Waals surface area contributed by atoms with Crippen LogP contribution in [0.5, 0.6) is 0 Å². The smallest absolute Gasteiger partial charge is 0.339 e. The molecule has 0 unspecified atom stereocenters. The van der Waals surface area contributed by atoms with E-state index in [-0.39, 0.29) is 11.1 Å². The molecule has 2 heterocycles. The van der Waals surface area contributed by atoms with Gasteiger partial charge in [0.15, 0.2) is 17.3 Å². The van der Waals surface area contributed by atoms with Crippen molar-refractivity contribution in [3.05, 3.63) is 53.5 Å². The SMILES string of the molecule is Fc1ccc(Nc2nc(C(F)(F)F)nc3nc(C(F)(F)F)ccc23)cc1F. The van der Waals surface area contributed by atoms with E-state index in [4.69, 9.17) is 0 Å². The number of pyridine rings is 1. The molecule has 0 aliphatic carbocycles. The van der Waals surface area contributed by atoms with E-state index in [2.05, 4.69) is 20.3 Å². The van der Waals surface area contributed by atoms with Crippen LogP contribution in [0.1, 0.15) is 11.5 Å². The first-order chi connectivity index (χ1) is 12.4. The lowest BCUT2D eigenvalue weighted by Gasteiger charge is -2.13. The molecule has 27 heavy (non-hydrogen) atoms. The second-order valence-corrected chi connectivity index (χ2v) is 5.21. The largest absolute Gasteiger partial charge is 0.451 e. The number of fused-ring (bicyclic) bond motifs is 1. The van der Waals surface area contributed by atoms with Crippen LogP contribution in [0.15, 0.2) is 30.3 Å². The first-order valence-electron chi connectivity index (χ1n) is 7.00. The van der Waals surface area contributed by atoms with Gasteiger partial charge in [0.05, 0.1) is 5.39 Å².